The number of rotatable bonds is 12. The van der Waals surface area contributed by atoms with Gasteiger partial charge in [-0.2, -0.15) is 0 Å². The molecule has 3 aromatic rings. The van der Waals surface area contributed by atoms with Gasteiger partial charge in [-0.25, -0.2) is 12.8 Å². The molecule has 46 heavy (non-hydrogen) atoms. The summed E-state index contributed by atoms with van der Waals surface area (Å²) in [5, 5.41) is 14.8. The minimum Gasteiger partial charge on any atom is -0.495 e. The van der Waals surface area contributed by atoms with Crippen LogP contribution in [-0.2, 0) is 26.2 Å². The molecule has 1 aliphatic rings. The van der Waals surface area contributed by atoms with Crippen molar-refractivity contribution < 1.29 is 32.1 Å². The van der Waals surface area contributed by atoms with Gasteiger partial charge >= 0.3 is 0 Å². The first-order valence-corrected chi connectivity index (χ1v) is 16.6. The molecule has 3 aromatic carbocycles. The van der Waals surface area contributed by atoms with Crippen LogP contribution in [0.25, 0.3) is 0 Å². The molecule has 14 heteroatoms. The summed E-state index contributed by atoms with van der Waals surface area (Å²) in [5.74, 6) is -1.59. The minimum absolute atomic E-state index is 0.0450. The molecular weight excluding hydrogens is 639 g/mol. The Balaban J connectivity index is 1.77. The average molecular weight is 675 g/mol. The maximum absolute atomic E-state index is 14.2. The Bertz CT molecular complexity index is 1700. The van der Waals surface area contributed by atoms with Crippen molar-refractivity contribution in [3.8, 4) is 5.75 Å². The van der Waals surface area contributed by atoms with Crippen molar-refractivity contribution in [2.75, 3.05) is 18.0 Å². The van der Waals surface area contributed by atoms with Crippen LogP contribution in [0.2, 0.25) is 5.02 Å². The molecule has 0 aliphatic heterocycles. The lowest BCUT2D eigenvalue weighted by molar-refractivity contribution is -0.385. The molecule has 0 radical (unpaired) electrons. The summed E-state index contributed by atoms with van der Waals surface area (Å²) in [6, 6.07) is 12.0. The summed E-state index contributed by atoms with van der Waals surface area (Å²) in [7, 11) is -3.35. The largest absolute Gasteiger partial charge is 0.495 e. The molecule has 2 amide bonds. The molecule has 0 bridgehead atoms. The summed E-state index contributed by atoms with van der Waals surface area (Å²) >= 11 is 6.26. The van der Waals surface area contributed by atoms with Crippen LogP contribution in [0.15, 0.2) is 65.6 Å². The molecule has 0 aromatic heterocycles. The molecule has 1 atom stereocenters. The second-order valence-corrected chi connectivity index (χ2v) is 13.5. The monoisotopic (exact) mass is 674 g/mol. The lowest BCUT2D eigenvalue weighted by Gasteiger charge is -2.33. The molecule has 1 N–H and O–H groups in total. The van der Waals surface area contributed by atoms with Gasteiger partial charge < -0.3 is 15.0 Å². The zero-order chi connectivity index (χ0) is 33.6. The lowest BCUT2D eigenvalue weighted by atomic mass is 9.95. The highest BCUT2D eigenvalue weighted by Crippen LogP contribution is 2.36. The summed E-state index contributed by atoms with van der Waals surface area (Å²) < 4.78 is 48.3. The number of nitro groups is 1. The van der Waals surface area contributed by atoms with Gasteiger partial charge in [-0.3, -0.25) is 24.0 Å². The van der Waals surface area contributed by atoms with Gasteiger partial charge in [0.2, 0.25) is 11.8 Å². The Morgan fingerprint density at radius 3 is 2.39 bits per heavy atom. The number of hydrogen-bond acceptors (Lipinski definition) is 7. The highest BCUT2D eigenvalue weighted by molar-refractivity contribution is 7.92. The number of sulfonamides is 1. The van der Waals surface area contributed by atoms with Crippen LogP contribution in [0, 0.1) is 22.9 Å². The number of anilines is 1. The third kappa shape index (κ3) is 8.13. The zero-order valence-corrected chi connectivity index (χ0v) is 27.3. The topological polar surface area (TPSA) is 139 Å². The number of aryl methyl sites for hydroxylation is 1. The Labute approximate surface area is 272 Å². The molecular formula is C32H36ClFN4O7S. The molecule has 0 saturated heterocycles. The predicted molar refractivity (Wildman–Crippen MR) is 172 cm³/mol. The fourth-order valence-electron chi connectivity index (χ4n) is 5.38. The first-order chi connectivity index (χ1) is 21.8. The molecule has 11 nitrogen and oxygen atoms in total. The molecule has 0 unspecified atom stereocenters. The van der Waals surface area contributed by atoms with Crippen LogP contribution in [0.5, 0.6) is 5.75 Å². The third-order valence-electron chi connectivity index (χ3n) is 8.04. The minimum atomic E-state index is -4.66. The first-order valence-electron chi connectivity index (χ1n) is 14.8. The van der Waals surface area contributed by atoms with E-state index in [9.17, 15) is 32.5 Å². The summed E-state index contributed by atoms with van der Waals surface area (Å²) in [6.07, 6.45) is 4.66. The fraction of sp³-hybridized carbons (Fsp3) is 0.375. The highest BCUT2D eigenvalue weighted by Gasteiger charge is 2.35. The van der Waals surface area contributed by atoms with E-state index in [1.54, 1.807) is 6.92 Å². The van der Waals surface area contributed by atoms with Crippen molar-refractivity contribution in [3.05, 3.63) is 92.7 Å². The van der Waals surface area contributed by atoms with E-state index in [2.05, 4.69) is 5.32 Å². The standard InChI is InChI=1S/C32H36ClFN4O7S/c1-21-9-15-27(18-28(21)38(41)42)46(43,44)37(29-17-24(33)12-16-30(29)45-3)20-31(39)36(19-23-10-13-25(34)14-11-23)22(2)32(40)35-26-7-5-4-6-8-26/h9-18,22,26H,4-8,19-20H2,1-3H3,(H,35,40)/t22-/m0/s1. The van der Waals surface area contributed by atoms with Gasteiger partial charge in [-0.15, -0.1) is 0 Å². The highest BCUT2D eigenvalue weighted by atomic mass is 35.5. The van der Waals surface area contributed by atoms with Crippen LogP contribution in [-0.4, -0.2) is 55.8 Å². The molecule has 246 valence electrons. The number of nitro benzene ring substituents is 1. The number of nitrogens with zero attached hydrogens (tertiary/aromatic N) is 3. The fourth-order valence-corrected chi connectivity index (χ4v) is 6.99. The van der Waals surface area contributed by atoms with Crippen LogP contribution in [0.1, 0.15) is 50.2 Å². The van der Waals surface area contributed by atoms with E-state index >= 15 is 0 Å². The van der Waals surface area contributed by atoms with Crippen molar-refractivity contribution in [1.82, 2.24) is 10.2 Å². The quantitative estimate of drug-likeness (QED) is 0.190. The van der Waals surface area contributed by atoms with E-state index in [0.717, 1.165) is 42.5 Å². The van der Waals surface area contributed by atoms with Crippen molar-refractivity contribution in [2.24, 2.45) is 0 Å². The average Bonchev–Trinajstić information content (AvgIpc) is 3.03. The first kappa shape index (κ1) is 34.6. The van der Waals surface area contributed by atoms with Crippen molar-refractivity contribution in [1.29, 1.82) is 0 Å². The van der Waals surface area contributed by atoms with Gasteiger partial charge in [0.25, 0.3) is 15.7 Å². The van der Waals surface area contributed by atoms with E-state index in [4.69, 9.17) is 16.3 Å². The van der Waals surface area contributed by atoms with Crippen LogP contribution < -0.4 is 14.4 Å². The molecule has 0 heterocycles. The van der Waals surface area contributed by atoms with E-state index < -0.39 is 55.7 Å². The van der Waals surface area contributed by atoms with Gasteiger partial charge in [0, 0.05) is 29.2 Å². The van der Waals surface area contributed by atoms with Crippen molar-refractivity contribution in [3.63, 3.8) is 0 Å². The Morgan fingerprint density at radius 1 is 1.09 bits per heavy atom. The summed E-state index contributed by atoms with van der Waals surface area (Å²) in [4.78, 5) is 39.4. The maximum atomic E-state index is 14.2. The van der Waals surface area contributed by atoms with Gasteiger partial charge in [0.1, 0.15) is 24.2 Å². The predicted octanol–water partition coefficient (Wildman–Crippen LogP) is 5.77. The number of methoxy groups -OCH3 is 1. The number of carbonyl (C=O) groups excluding carboxylic acids is 2. The molecule has 0 spiro atoms. The maximum Gasteiger partial charge on any atom is 0.273 e. The van der Waals surface area contributed by atoms with E-state index in [-0.39, 0.29) is 34.6 Å². The second-order valence-electron chi connectivity index (χ2n) is 11.2. The van der Waals surface area contributed by atoms with E-state index in [1.165, 1.54) is 73.5 Å². The Morgan fingerprint density at radius 2 is 1.76 bits per heavy atom. The molecule has 4 rings (SSSR count). The SMILES string of the molecule is COc1ccc(Cl)cc1N(CC(=O)N(Cc1ccc(F)cc1)[C@@H](C)C(=O)NC1CCCCC1)S(=O)(=O)c1ccc(C)c([N+](=O)[O-])c1. The van der Waals surface area contributed by atoms with Crippen LogP contribution in [0.4, 0.5) is 15.8 Å². The lowest BCUT2D eigenvalue weighted by Crippen LogP contribution is -2.53. The van der Waals surface area contributed by atoms with Crippen molar-refractivity contribution >= 4 is 44.8 Å². The Kier molecular flexibility index (Phi) is 11.2. The van der Waals surface area contributed by atoms with Gasteiger partial charge in [-0.05, 0) is 68.7 Å². The number of carbonyl (C=O) groups is 2. The molecule has 1 saturated carbocycles. The molecule has 1 aliphatic carbocycles. The number of halogens is 2. The molecule has 1 fully saturated rings. The van der Waals surface area contributed by atoms with Crippen molar-refractivity contribution in [2.45, 2.75) is 69.5 Å². The number of ether oxygens (including phenoxy) is 1. The van der Waals surface area contributed by atoms with Gasteiger partial charge in [0.05, 0.1) is 22.6 Å². The number of hydrogen-bond donors (Lipinski definition) is 1. The normalized spacial score (nSPS) is 14.3. The summed E-state index contributed by atoms with van der Waals surface area (Å²) in [5.41, 5.74) is 0.245. The second kappa shape index (κ2) is 14.9. The van der Waals surface area contributed by atoms with E-state index in [0.29, 0.717) is 5.56 Å². The van der Waals surface area contributed by atoms with E-state index in [1.807, 2.05) is 0 Å². The number of nitrogens with one attached hydrogen (secondary N) is 1. The van der Waals surface area contributed by atoms with Crippen LogP contribution in [0.3, 0.4) is 0 Å². The van der Waals surface area contributed by atoms with Gasteiger partial charge in [0.15, 0.2) is 0 Å². The summed E-state index contributed by atoms with van der Waals surface area (Å²) in [6.45, 7) is 2.07. The number of benzene rings is 3. The van der Waals surface area contributed by atoms with Gasteiger partial charge in [-0.1, -0.05) is 49.1 Å². The third-order valence-corrected chi connectivity index (χ3v) is 10.0. The Hall–Kier alpha value is -4.23. The van der Waals surface area contributed by atoms with Crippen LogP contribution >= 0.6 is 11.6 Å². The zero-order valence-electron chi connectivity index (χ0n) is 25.7. The smallest absolute Gasteiger partial charge is 0.273 e. The number of amides is 2.